The van der Waals surface area contributed by atoms with Gasteiger partial charge < -0.3 is 19.0 Å². The van der Waals surface area contributed by atoms with Crippen molar-refractivity contribution in [2.75, 3.05) is 39.9 Å². The zero-order valence-electron chi connectivity index (χ0n) is 14.6. The average molecular weight is 377 g/mol. The molecule has 1 aliphatic heterocycles. The molecule has 1 aromatic carbocycles. The van der Waals surface area contributed by atoms with E-state index >= 15 is 0 Å². The summed E-state index contributed by atoms with van der Waals surface area (Å²) in [6.45, 7) is 2.20. The van der Waals surface area contributed by atoms with Crippen molar-refractivity contribution in [1.29, 1.82) is 0 Å². The predicted octanol–water partition coefficient (Wildman–Crippen LogP) is 2.92. The van der Waals surface area contributed by atoms with Crippen molar-refractivity contribution in [2.24, 2.45) is 0 Å². The topological polar surface area (TPSA) is 63.0 Å². The Hall–Kier alpha value is -2.31. The molecule has 1 saturated heterocycles. The van der Waals surface area contributed by atoms with Gasteiger partial charge in [-0.05, 0) is 30.7 Å². The van der Waals surface area contributed by atoms with Gasteiger partial charge in [-0.15, -0.1) is 0 Å². The molecular formula is C19H21ClN2O4. The van der Waals surface area contributed by atoms with Gasteiger partial charge in [0.1, 0.15) is 12.3 Å². The summed E-state index contributed by atoms with van der Waals surface area (Å²) in [5.74, 6) is 0.371. The molecule has 2 amide bonds. The maximum absolute atomic E-state index is 12.8. The summed E-state index contributed by atoms with van der Waals surface area (Å²) in [7, 11) is 1.60. The van der Waals surface area contributed by atoms with Crippen molar-refractivity contribution in [2.45, 2.75) is 6.42 Å². The van der Waals surface area contributed by atoms with Crippen LogP contribution in [-0.4, -0.2) is 61.5 Å². The monoisotopic (exact) mass is 376 g/mol. The normalized spacial score (nSPS) is 15.2. The van der Waals surface area contributed by atoms with Crippen LogP contribution in [0.5, 0.6) is 0 Å². The van der Waals surface area contributed by atoms with Crippen LogP contribution < -0.4 is 0 Å². The molecule has 138 valence electrons. The van der Waals surface area contributed by atoms with Gasteiger partial charge in [0.05, 0.1) is 11.6 Å². The van der Waals surface area contributed by atoms with Crippen LogP contribution in [0.25, 0.3) is 11.3 Å². The lowest BCUT2D eigenvalue weighted by Gasteiger charge is -2.21. The highest BCUT2D eigenvalue weighted by molar-refractivity contribution is 6.33. The maximum atomic E-state index is 12.8. The Morgan fingerprint density at radius 3 is 2.81 bits per heavy atom. The molecule has 3 rings (SSSR count). The van der Waals surface area contributed by atoms with E-state index in [1.165, 1.54) is 4.90 Å². The first-order valence-corrected chi connectivity index (χ1v) is 8.88. The van der Waals surface area contributed by atoms with Gasteiger partial charge in [-0.1, -0.05) is 23.7 Å². The van der Waals surface area contributed by atoms with Crippen molar-refractivity contribution >= 4 is 23.4 Å². The molecule has 1 aromatic heterocycles. The van der Waals surface area contributed by atoms with E-state index in [4.69, 9.17) is 20.8 Å². The molecule has 7 heteroatoms. The number of halogens is 1. The van der Waals surface area contributed by atoms with E-state index in [2.05, 4.69) is 0 Å². The lowest BCUT2D eigenvalue weighted by molar-refractivity contribution is -0.131. The molecule has 0 bridgehead atoms. The number of carbonyl (C=O) groups excluding carboxylic acids is 2. The smallest absolute Gasteiger partial charge is 0.290 e. The van der Waals surface area contributed by atoms with E-state index < -0.39 is 0 Å². The first kappa shape index (κ1) is 18.5. The third-order valence-electron chi connectivity index (χ3n) is 4.34. The van der Waals surface area contributed by atoms with E-state index in [9.17, 15) is 9.59 Å². The number of furan rings is 1. The van der Waals surface area contributed by atoms with Crippen LogP contribution in [0.15, 0.2) is 40.8 Å². The summed E-state index contributed by atoms with van der Waals surface area (Å²) >= 11 is 6.18. The summed E-state index contributed by atoms with van der Waals surface area (Å²) in [6, 6.07) is 10.6. The molecule has 0 aliphatic carbocycles. The fourth-order valence-corrected chi connectivity index (χ4v) is 3.17. The van der Waals surface area contributed by atoms with Crippen molar-refractivity contribution in [3.8, 4) is 11.3 Å². The van der Waals surface area contributed by atoms with Gasteiger partial charge >= 0.3 is 0 Å². The highest BCUT2D eigenvalue weighted by Crippen LogP contribution is 2.29. The Morgan fingerprint density at radius 1 is 1.23 bits per heavy atom. The quantitative estimate of drug-likeness (QED) is 0.804. The maximum Gasteiger partial charge on any atom is 0.290 e. The van der Waals surface area contributed by atoms with E-state index in [1.807, 2.05) is 18.2 Å². The zero-order chi connectivity index (χ0) is 18.5. The third kappa shape index (κ3) is 4.08. The molecule has 6 nitrogen and oxygen atoms in total. The SMILES string of the molecule is COCCN1CCCN(C(=O)c2ccc(-c3ccccc3Cl)o2)CC1=O. The molecule has 0 N–H and O–H groups in total. The van der Waals surface area contributed by atoms with Crippen molar-refractivity contribution in [3.63, 3.8) is 0 Å². The number of ether oxygens (including phenoxy) is 1. The predicted molar refractivity (Wildman–Crippen MR) is 98.1 cm³/mol. The van der Waals surface area contributed by atoms with E-state index in [-0.39, 0.29) is 24.1 Å². The second-order valence-corrected chi connectivity index (χ2v) is 6.50. The summed E-state index contributed by atoms with van der Waals surface area (Å²) < 4.78 is 10.7. The van der Waals surface area contributed by atoms with Gasteiger partial charge in [-0.2, -0.15) is 0 Å². The third-order valence-corrected chi connectivity index (χ3v) is 4.67. The van der Waals surface area contributed by atoms with Crippen molar-refractivity contribution in [1.82, 2.24) is 9.80 Å². The molecule has 1 aliphatic rings. The Kier molecular flexibility index (Phi) is 5.96. The van der Waals surface area contributed by atoms with Crippen LogP contribution in [0.2, 0.25) is 5.02 Å². The Bertz CT molecular complexity index is 789. The largest absolute Gasteiger partial charge is 0.451 e. The first-order chi connectivity index (χ1) is 12.6. The van der Waals surface area contributed by atoms with Crippen molar-refractivity contribution < 1.29 is 18.7 Å². The second-order valence-electron chi connectivity index (χ2n) is 6.10. The molecule has 1 fully saturated rings. The summed E-state index contributed by atoms with van der Waals surface area (Å²) in [6.07, 6.45) is 0.722. The van der Waals surface area contributed by atoms with Crippen LogP contribution in [0.3, 0.4) is 0 Å². The van der Waals surface area contributed by atoms with Gasteiger partial charge in [-0.3, -0.25) is 9.59 Å². The van der Waals surface area contributed by atoms with Gasteiger partial charge in [0, 0.05) is 32.3 Å². The second kappa shape index (κ2) is 8.38. The van der Waals surface area contributed by atoms with Crippen LogP contribution in [0.1, 0.15) is 17.0 Å². The summed E-state index contributed by atoms with van der Waals surface area (Å²) in [4.78, 5) is 28.4. The highest BCUT2D eigenvalue weighted by atomic mass is 35.5. The van der Waals surface area contributed by atoms with Gasteiger partial charge in [0.25, 0.3) is 5.91 Å². The number of hydrogen-bond donors (Lipinski definition) is 0. The molecular weight excluding hydrogens is 356 g/mol. The molecule has 0 unspecified atom stereocenters. The number of nitrogens with zero attached hydrogens (tertiary/aromatic N) is 2. The van der Waals surface area contributed by atoms with Crippen LogP contribution in [-0.2, 0) is 9.53 Å². The minimum absolute atomic E-state index is 0.0463. The molecule has 0 atom stereocenters. The molecule has 0 saturated carbocycles. The average Bonchev–Trinajstić information content (AvgIpc) is 3.05. The first-order valence-electron chi connectivity index (χ1n) is 8.51. The molecule has 2 aromatic rings. The number of amides is 2. The van der Waals surface area contributed by atoms with E-state index in [0.29, 0.717) is 37.0 Å². The van der Waals surface area contributed by atoms with E-state index in [1.54, 1.807) is 30.2 Å². The molecule has 2 heterocycles. The molecule has 26 heavy (non-hydrogen) atoms. The van der Waals surface area contributed by atoms with Crippen LogP contribution >= 0.6 is 11.6 Å². The number of hydrogen-bond acceptors (Lipinski definition) is 4. The zero-order valence-corrected chi connectivity index (χ0v) is 15.4. The minimum Gasteiger partial charge on any atom is -0.451 e. The lowest BCUT2D eigenvalue weighted by atomic mass is 10.2. The van der Waals surface area contributed by atoms with Gasteiger partial charge in [0.2, 0.25) is 5.91 Å². The molecule has 0 spiro atoms. The van der Waals surface area contributed by atoms with Crippen molar-refractivity contribution in [3.05, 3.63) is 47.2 Å². The lowest BCUT2D eigenvalue weighted by Crippen LogP contribution is -2.40. The Balaban J connectivity index is 1.72. The number of benzene rings is 1. The minimum atomic E-state index is -0.287. The van der Waals surface area contributed by atoms with Crippen LogP contribution in [0.4, 0.5) is 0 Å². The summed E-state index contributed by atoms with van der Waals surface area (Å²) in [5, 5.41) is 0.555. The number of rotatable bonds is 5. The standard InChI is InChI=1S/C19H21ClN2O4/c1-25-12-11-21-9-4-10-22(13-18(21)23)19(24)17-8-7-16(26-17)14-5-2-3-6-15(14)20/h2-3,5-8H,4,9-13H2,1H3. The highest BCUT2D eigenvalue weighted by Gasteiger charge is 2.27. The fourth-order valence-electron chi connectivity index (χ4n) is 2.95. The Morgan fingerprint density at radius 2 is 2.04 bits per heavy atom. The van der Waals surface area contributed by atoms with Crippen LogP contribution in [0, 0.1) is 0 Å². The van der Waals surface area contributed by atoms with Gasteiger partial charge in [-0.25, -0.2) is 0 Å². The number of carbonyl (C=O) groups is 2. The Labute approximate surface area is 157 Å². The van der Waals surface area contributed by atoms with Gasteiger partial charge in [0.15, 0.2) is 5.76 Å². The van der Waals surface area contributed by atoms with E-state index in [0.717, 1.165) is 12.0 Å². The molecule has 0 radical (unpaired) electrons. The summed E-state index contributed by atoms with van der Waals surface area (Å²) in [5.41, 5.74) is 0.728. The number of methoxy groups -OCH3 is 1. The fraction of sp³-hybridized carbons (Fsp3) is 0.368.